The number of carboxylic acids is 1. The number of halogens is 1. The molecule has 0 bridgehead atoms. The van der Waals surface area contributed by atoms with Gasteiger partial charge in [0.05, 0.1) is 19.2 Å². The minimum atomic E-state index is -0.756. The van der Waals surface area contributed by atoms with Crippen molar-refractivity contribution in [2.45, 2.75) is 77.5 Å². The predicted octanol–water partition coefficient (Wildman–Crippen LogP) is 7.07. The molecule has 1 saturated carbocycles. The monoisotopic (exact) mass is 546 g/mol. The standard InChI is InChI=1S/C33H39FN2O4/c1-19(32(37)38)31(21-7-8-21)23-9-6-20-11-13-28(40-29(20)15-23)22-10-12-25(24(14-22)17-36-33(2,3)4)26-16-30(39-5)35-18-27(26)34/h6,9-10,12,14-16,18-19,21,28,31,36H,7-8,11,13,17H2,1-5H3,(H,37,38)/t19-,28?,31-/m0/s1. The highest BCUT2D eigenvalue weighted by Gasteiger charge is 2.39. The second-order valence-electron chi connectivity index (χ2n) is 12.2. The molecule has 0 spiro atoms. The van der Waals surface area contributed by atoms with Gasteiger partial charge in [0.1, 0.15) is 17.7 Å². The van der Waals surface area contributed by atoms with E-state index in [-0.39, 0.29) is 17.6 Å². The maximum absolute atomic E-state index is 14.9. The Morgan fingerprint density at radius 3 is 2.60 bits per heavy atom. The maximum Gasteiger partial charge on any atom is 0.306 e. The smallest absolute Gasteiger partial charge is 0.306 e. The van der Waals surface area contributed by atoms with Gasteiger partial charge in [-0.25, -0.2) is 9.37 Å². The fourth-order valence-electron chi connectivity index (χ4n) is 5.73. The molecule has 1 aliphatic heterocycles. The first-order chi connectivity index (χ1) is 19.0. The Morgan fingerprint density at radius 2 is 1.93 bits per heavy atom. The van der Waals surface area contributed by atoms with E-state index in [0.717, 1.165) is 59.3 Å². The molecule has 0 radical (unpaired) electrons. The van der Waals surface area contributed by atoms with E-state index in [2.05, 4.69) is 55.3 Å². The molecule has 1 unspecified atom stereocenters. The summed E-state index contributed by atoms with van der Waals surface area (Å²) in [5.74, 6) is 0.00676. The molecule has 2 heterocycles. The summed E-state index contributed by atoms with van der Waals surface area (Å²) in [7, 11) is 1.52. The molecular weight excluding hydrogens is 507 g/mol. The van der Waals surface area contributed by atoms with E-state index in [1.165, 1.54) is 13.3 Å². The first kappa shape index (κ1) is 28.1. The summed E-state index contributed by atoms with van der Waals surface area (Å²) in [6, 6.07) is 14.0. The van der Waals surface area contributed by atoms with Crippen molar-refractivity contribution in [3.05, 3.63) is 76.7 Å². The van der Waals surface area contributed by atoms with Crippen molar-refractivity contribution in [2.75, 3.05) is 7.11 Å². The van der Waals surface area contributed by atoms with Gasteiger partial charge in [0, 0.05) is 23.7 Å². The van der Waals surface area contributed by atoms with E-state index in [4.69, 9.17) is 9.47 Å². The quantitative estimate of drug-likeness (QED) is 0.299. The summed E-state index contributed by atoms with van der Waals surface area (Å²) in [6.07, 6.45) is 4.89. The molecule has 6 nitrogen and oxygen atoms in total. The molecule has 5 rings (SSSR count). The van der Waals surface area contributed by atoms with Crippen LogP contribution in [0, 0.1) is 17.7 Å². The molecule has 212 valence electrons. The minimum absolute atomic E-state index is 0.00612. The molecule has 3 aromatic rings. The summed E-state index contributed by atoms with van der Waals surface area (Å²) in [5.41, 5.74) is 5.30. The zero-order valence-corrected chi connectivity index (χ0v) is 24.0. The number of benzene rings is 2. The van der Waals surface area contributed by atoms with E-state index in [1.807, 2.05) is 19.1 Å². The van der Waals surface area contributed by atoms with E-state index in [1.54, 1.807) is 6.07 Å². The molecule has 1 fully saturated rings. The summed E-state index contributed by atoms with van der Waals surface area (Å²) in [6.45, 7) is 8.67. The van der Waals surface area contributed by atoms with Crippen molar-refractivity contribution in [1.29, 1.82) is 0 Å². The van der Waals surface area contributed by atoms with Crippen LogP contribution < -0.4 is 14.8 Å². The minimum Gasteiger partial charge on any atom is -0.485 e. The summed E-state index contributed by atoms with van der Waals surface area (Å²) in [4.78, 5) is 15.8. The highest BCUT2D eigenvalue weighted by molar-refractivity contribution is 5.71. The average Bonchev–Trinajstić information content (AvgIpc) is 3.76. The van der Waals surface area contributed by atoms with Gasteiger partial charge in [-0.2, -0.15) is 0 Å². The molecule has 1 aromatic heterocycles. The number of hydrogen-bond donors (Lipinski definition) is 2. The molecule has 7 heteroatoms. The van der Waals surface area contributed by atoms with Crippen LogP contribution in [0.15, 0.2) is 48.7 Å². The molecule has 2 N–H and O–H groups in total. The SMILES string of the molecule is COc1cc(-c2ccc(C3CCc4ccc([C@H](C5CC5)[C@H](C)C(=O)O)cc4O3)cc2CNC(C)(C)C)c(F)cn1. The first-order valence-electron chi connectivity index (χ1n) is 14.1. The Kier molecular flexibility index (Phi) is 7.87. The van der Waals surface area contributed by atoms with Crippen LogP contribution in [0.5, 0.6) is 11.6 Å². The van der Waals surface area contributed by atoms with E-state index >= 15 is 0 Å². The summed E-state index contributed by atoms with van der Waals surface area (Å²) < 4.78 is 26.8. The molecule has 2 aromatic carbocycles. The van der Waals surface area contributed by atoms with Crippen molar-refractivity contribution in [3.63, 3.8) is 0 Å². The number of nitrogens with zero attached hydrogens (tertiary/aromatic N) is 1. The van der Waals surface area contributed by atoms with Crippen LogP contribution in [-0.4, -0.2) is 28.7 Å². The van der Waals surface area contributed by atoms with Crippen LogP contribution in [0.2, 0.25) is 0 Å². The molecule has 40 heavy (non-hydrogen) atoms. The van der Waals surface area contributed by atoms with Gasteiger partial charge >= 0.3 is 5.97 Å². The van der Waals surface area contributed by atoms with Crippen molar-refractivity contribution >= 4 is 5.97 Å². The third-order valence-corrected chi connectivity index (χ3v) is 8.12. The van der Waals surface area contributed by atoms with Gasteiger partial charge in [-0.3, -0.25) is 4.79 Å². The topological polar surface area (TPSA) is 80.7 Å². The van der Waals surface area contributed by atoms with Crippen molar-refractivity contribution in [3.8, 4) is 22.8 Å². The number of carboxylic acid groups (broad SMARTS) is 1. The molecule has 0 amide bonds. The Bertz CT molecular complexity index is 1400. The highest BCUT2D eigenvalue weighted by Crippen LogP contribution is 2.48. The molecular formula is C33H39FN2O4. The number of nitrogens with one attached hydrogen (secondary N) is 1. The van der Waals surface area contributed by atoms with Crippen LogP contribution in [0.3, 0.4) is 0 Å². The Hall–Kier alpha value is -3.45. The largest absolute Gasteiger partial charge is 0.485 e. The van der Waals surface area contributed by atoms with Crippen LogP contribution in [0.1, 0.15) is 81.2 Å². The van der Waals surface area contributed by atoms with Crippen LogP contribution >= 0.6 is 0 Å². The van der Waals surface area contributed by atoms with Gasteiger partial charge in [0.2, 0.25) is 5.88 Å². The van der Waals surface area contributed by atoms with Crippen LogP contribution in [0.4, 0.5) is 4.39 Å². The van der Waals surface area contributed by atoms with Gasteiger partial charge in [0.15, 0.2) is 0 Å². The number of fused-ring (bicyclic) bond motifs is 1. The number of rotatable bonds is 9. The van der Waals surface area contributed by atoms with Gasteiger partial charge in [-0.1, -0.05) is 37.3 Å². The molecule has 2 aliphatic rings. The number of aliphatic carboxylic acids is 1. The number of ether oxygens (including phenoxy) is 2. The van der Waals surface area contributed by atoms with Gasteiger partial charge in [0.25, 0.3) is 0 Å². The second-order valence-corrected chi connectivity index (χ2v) is 12.2. The number of carbonyl (C=O) groups is 1. The van der Waals surface area contributed by atoms with E-state index in [0.29, 0.717) is 23.9 Å². The molecule has 1 aliphatic carbocycles. The van der Waals surface area contributed by atoms with Crippen molar-refractivity contribution < 1.29 is 23.8 Å². The lowest BCUT2D eigenvalue weighted by Gasteiger charge is -2.29. The molecule has 3 atom stereocenters. The second kappa shape index (κ2) is 11.2. The summed E-state index contributed by atoms with van der Waals surface area (Å²) >= 11 is 0. The zero-order valence-electron chi connectivity index (χ0n) is 24.0. The van der Waals surface area contributed by atoms with E-state index < -0.39 is 17.7 Å². The van der Waals surface area contributed by atoms with E-state index in [9.17, 15) is 14.3 Å². The third kappa shape index (κ3) is 6.15. The highest BCUT2D eigenvalue weighted by atomic mass is 19.1. The van der Waals surface area contributed by atoms with Gasteiger partial charge < -0.3 is 19.9 Å². The first-order valence-corrected chi connectivity index (χ1v) is 14.1. The van der Waals surface area contributed by atoms with Crippen LogP contribution in [-0.2, 0) is 17.8 Å². The third-order valence-electron chi connectivity index (χ3n) is 8.12. The summed E-state index contributed by atoms with van der Waals surface area (Å²) in [5, 5.41) is 13.3. The zero-order chi connectivity index (χ0) is 28.6. The van der Waals surface area contributed by atoms with Crippen LogP contribution in [0.25, 0.3) is 11.1 Å². The number of pyridine rings is 1. The van der Waals surface area contributed by atoms with Gasteiger partial charge in [-0.05, 0) is 92.2 Å². The van der Waals surface area contributed by atoms with Gasteiger partial charge in [-0.15, -0.1) is 0 Å². The number of methoxy groups -OCH3 is 1. The Labute approximate surface area is 235 Å². The number of hydrogen-bond acceptors (Lipinski definition) is 5. The lowest BCUT2D eigenvalue weighted by molar-refractivity contribution is -0.142. The average molecular weight is 547 g/mol. The molecule has 0 saturated heterocycles. The lowest BCUT2D eigenvalue weighted by atomic mass is 9.82. The Balaban J connectivity index is 1.46. The van der Waals surface area contributed by atoms with Crippen molar-refractivity contribution in [2.24, 2.45) is 11.8 Å². The normalized spacial score (nSPS) is 18.4. The Morgan fingerprint density at radius 1 is 1.15 bits per heavy atom. The predicted molar refractivity (Wildman–Crippen MR) is 153 cm³/mol. The fraction of sp³-hybridized carbons (Fsp3) is 0.455. The number of aromatic nitrogens is 1. The maximum atomic E-state index is 14.9. The lowest BCUT2D eigenvalue weighted by Crippen LogP contribution is -2.35. The number of aryl methyl sites for hydroxylation is 1. The van der Waals surface area contributed by atoms with Crippen molar-refractivity contribution in [1.82, 2.24) is 10.3 Å². The fourth-order valence-corrected chi connectivity index (χ4v) is 5.73.